The second-order valence-electron chi connectivity index (χ2n) is 7.58. The Balaban J connectivity index is 1.43. The Morgan fingerprint density at radius 2 is 2.03 bits per heavy atom. The summed E-state index contributed by atoms with van der Waals surface area (Å²) in [4.78, 5) is 19.8. The number of aliphatic hydroxyl groups is 1. The first-order chi connectivity index (χ1) is 14.1. The highest BCUT2D eigenvalue weighted by Crippen LogP contribution is 2.23. The van der Waals surface area contributed by atoms with Crippen molar-refractivity contribution >= 4 is 12.0 Å². The Labute approximate surface area is 172 Å². The number of carbonyl (C=O) groups is 1. The molecule has 29 heavy (non-hydrogen) atoms. The zero-order valence-corrected chi connectivity index (χ0v) is 17.1. The van der Waals surface area contributed by atoms with Crippen LogP contribution >= 0.6 is 0 Å². The van der Waals surface area contributed by atoms with Crippen molar-refractivity contribution in [3.8, 4) is 5.88 Å². The lowest BCUT2D eigenvalue weighted by Crippen LogP contribution is -2.43. The second-order valence-corrected chi connectivity index (χ2v) is 7.58. The molecule has 0 bridgehead atoms. The van der Waals surface area contributed by atoms with Crippen molar-refractivity contribution in [1.29, 1.82) is 0 Å². The lowest BCUT2D eigenvalue weighted by Gasteiger charge is -2.30. The molecule has 1 aliphatic heterocycles. The molecule has 0 amide bonds. The molecule has 0 saturated carbocycles. The number of pyridine rings is 1. The summed E-state index contributed by atoms with van der Waals surface area (Å²) in [5, 5.41) is 13.5. The van der Waals surface area contributed by atoms with Crippen molar-refractivity contribution < 1.29 is 14.6 Å². The van der Waals surface area contributed by atoms with Gasteiger partial charge in [0.1, 0.15) is 0 Å². The van der Waals surface area contributed by atoms with E-state index in [0.717, 1.165) is 31.5 Å². The molecule has 2 heterocycles. The van der Waals surface area contributed by atoms with Crippen LogP contribution in [0, 0.1) is 0 Å². The van der Waals surface area contributed by atoms with Crippen molar-refractivity contribution in [3.05, 3.63) is 53.7 Å². The number of hydrogen-bond acceptors (Lipinski definition) is 7. The van der Waals surface area contributed by atoms with Crippen LogP contribution < -0.4 is 15.0 Å². The predicted molar refractivity (Wildman–Crippen MR) is 113 cm³/mol. The Bertz CT molecular complexity index is 799. The number of hydrogen-bond donors (Lipinski definition) is 2. The van der Waals surface area contributed by atoms with E-state index in [1.165, 1.54) is 11.1 Å². The fraction of sp³-hybridized carbons (Fsp3) is 0.455. The van der Waals surface area contributed by atoms with Gasteiger partial charge in [0, 0.05) is 53.0 Å². The largest absolute Gasteiger partial charge is 0.464 e. The van der Waals surface area contributed by atoms with Crippen LogP contribution in [-0.4, -0.2) is 73.8 Å². The van der Waals surface area contributed by atoms with E-state index in [9.17, 15) is 9.90 Å². The first-order valence-electron chi connectivity index (χ1n) is 9.99. The summed E-state index contributed by atoms with van der Waals surface area (Å²) in [5.41, 5.74) is 3.54. The summed E-state index contributed by atoms with van der Waals surface area (Å²) in [5.74, 6) is 0.420. The Morgan fingerprint density at radius 1 is 1.24 bits per heavy atom. The molecule has 3 rings (SSSR count). The maximum Gasteiger partial charge on any atom is 0.238 e. The molecule has 0 fully saturated rings. The summed E-state index contributed by atoms with van der Waals surface area (Å²) in [6.07, 6.45) is 2.22. The number of carbonyl (C=O) groups excluding carboxylic acids is 1. The van der Waals surface area contributed by atoms with Gasteiger partial charge in [-0.1, -0.05) is 24.3 Å². The van der Waals surface area contributed by atoms with E-state index in [0.29, 0.717) is 25.5 Å². The van der Waals surface area contributed by atoms with Gasteiger partial charge in [0.2, 0.25) is 5.88 Å². The van der Waals surface area contributed by atoms with Gasteiger partial charge >= 0.3 is 0 Å². The highest BCUT2D eigenvalue weighted by Gasteiger charge is 2.19. The minimum Gasteiger partial charge on any atom is -0.464 e. The third kappa shape index (κ3) is 6.00. The van der Waals surface area contributed by atoms with Gasteiger partial charge in [-0.15, -0.1) is 0 Å². The molecule has 2 N–H and O–H groups in total. The van der Waals surface area contributed by atoms with Gasteiger partial charge in [0.15, 0.2) is 12.4 Å². The molecule has 2 unspecified atom stereocenters. The van der Waals surface area contributed by atoms with Crippen LogP contribution in [-0.2, 0) is 17.8 Å². The lowest BCUT2D eigenvalue weighted by molar-refractivity contribution is -0.113. The Kier molecular flexibility index (Phi) is 7.57. The SMILES string of the molecule is CN(C)c1cccnc1OC(C=O)CNCC(O)CN1CCc2ccccc2C1. The van der Waals surface area contributed by atoms with Gasteiger partial charge in [-0.3, -0.25) is 9.69 Å². The minimum atomic E-state index is -0.669. The van der Waals surface area contributed by atoms with Gasteiger partial charge < -0.3 is 20.1 Å². The van der Waals surface area contributed by atoms with Crippen LogP contribution in [0.1, 0.15) is 11.1 Å². The highest BCUT2D eigenvalue weighted by molar-refractivity contribution is 5.59. The molecule has 0 radical (unpaired) electrons. The average Bonchev–Trinajstić information content (AvgIpc) is 2.73. The van der Waals surface area contributed by atoms with Gasteiger partial charge in [-0.05, 0) is 29.7 Å². The van der Waals surface area contributed by atoms with Gasteiger partial charge in [0.25, 0.3) is 0 Å². The lowest BCUT2D eigenvalue weighted by atomic mass is 10.00. The van der Waals surface area contributed by atoms with Crippen LogP contribution in [0.2, 0.25) is 0 Å². The predicted octanol–water partition coefficient (Wildman–Crippen LogP) is 1.10. The van der Waals surface area contributed by atoms with Gasteiger partial charge in [-0.25, -0.2) is 4.98 Å². The zero-order chi connectivity index (χ0) is 20.6. The van der Waals surface area contributed by atoms with E-state index >= 15 is 0 Å². The summed E-state index contributed by atoms with van der Waals surface area (Å²) >= 11 is 0. The topological polar surface area (TPSA) is 77.9 Å². The van der Waals surface area contributed by atoms with E-state index in [1.54, 1.807) is 6.20 Å². The van der Waals surface area contributed by atoms with E-state index in [1.807, 2.05) is 31.1 Å². The number of aliphatic hydroxyl groups excluding tert-OH is 1. The summed E-state index contributed by atoms with van der Waals surface area (Å²) in [6, 6.07) is 12.2. The minimum absolute atomic E-state index is 0.312. The van der Waals surface area contributed by atoms with Gasteiger partial charge in [0.05, 0.1) is 11.8 Å². The van der Waals surface area contributed by atoms with E-state index in [4.69, 9.17) is 4.74 Å². The monoisotopic (exact) mass is 398 g/mol. The van der Waals surface area contributed by atoms with E-state index in [-0.39, 0.29) is 0 Å². The first-order valence-corrected chi connectivity index (χ1v) is 9.99. The Hall–Kier alpha value is -2.48. The average molecular weight is 399 g/mol. The maximum absolute atomic E-state index is 11.4. The van der Waals surface area contributed by atoms with Crippen molar-refractivity contribution in [2.24, 2.45) is 0 Å². The third-order valence-corrected chi connectivity index (χ3v) is 5.05. The fourth-order valence-electron chi connectivity index (χ4n) is 3.54. The normalized spacial score (nSPS) is 16.0. The number of anilines is 1. The molecular weight excluding hydrogens is 368 g/mol. The smallest absolute Gasteiger partial charge is 0.238 e. The number of benzene rings is 1. The number of ether oxygens (including phenoxy) is 1. The second kappa shape index (κ2) is 10.3. The molecule has 2 aromatic rings. The summed E-state index contributed by atoms with van der Waals surface area (Å²) in [7, 11) is 3.79. The number of nitrogens with one attached hydrogen (secondary N) is 1. The standard InChI is InChI=1S/C22H30N4O3/c1-25(2)21-8-5-10-24-22(21)29-20(16-27)13-23-12-19(28)15-26-11-9-17-6-3-4-7-18(17)14-26/h3-8,10,16,19-20,23,28H,9,11-15H2,1-2H3. The maximum atomic E-state index is 11.4. The molecule has 1 aromatic heterocycles. The van der Waals surface area contributed by atoms with Crippen LogP contribution in [0.25, 0.3) is 0 Å². The van der Waals surface area contributed by atoms with Crippen molar-refractivity contribution in [2.75, 3.05) is 45.2 Å². The molecule has 2 atom stereocenters. The van der Waals surface area contributed by atoms with Crippen molar-refractivity contribution in [2.45, 2.75) is 25.2 Å². The van der Waals surface area contributed by atoms with Crippen molar-refractivity contribution in [3.63, 3.8) is 0 Å². The molecule has 156 valence electrons. The summed E-state index contributed by atoms with van der Waals surface area (Å²) < 4.78 is 5.75. The molecule has 0 aliphatic carbocycles. The number of aromatic nitrogens is 1. The first kappa shape index (κ1) is 21.2. The number of nitrogens with zero attached hydrogens (tertiary/aromatic N) is 3. The quantitative estimate of drug-likeness (QED) is 0.581. The number of β-amino-alcohol motifs (C(OH)–C–C–N with tert-alkyl or cyclic N) is 1. The van der Waals surface area contributed by atoms with Gasteiger partial charge in [-0.2, -0.15) is 0 Å². The van der Waals surface area contributed by atoms with E-state index < -0.39 is 12.2 Å². The molecule has 1 aliphatic rings. The Morgan fingerprint density at radius 3 is 2.79 bits per heavy atom. The molecule has 7 heteroatoms. The van der Waals surface area contributed by atoms with Crippen molar-refractivity contribution in [1.82, 2.24) is 15.2 Å². The number of rotatable bonds is 10. The fourth-order valence-corrected chi connectivity index (χ4v) is 3.54. The molecule has 0 spiro atoms. The zero-order valence-electron chi connectivity index (χ0n) is 17.1. The third-order valence-electron chi connectivity index (χ3n) is 5.05. The van der Waals surface area contributed by atoms with Crippen LogP contribution in [0.15, 0.2) is 42.6 Å². The van der Waals surface area contributed by atoms with Crippen LogP contribution in [0.5, 0.6) is 5.88 Å². The molecule has 0 saturated heterocycles. The number of aldehydes is 1. The molecular formula is C22H30N4O3. The summed E-state index contributed by atoms with van der Waals surface area (Å²) in [6.45, 7) is 3.11. The number of fused-ring (bicyclic) bond motifs is 1. The van der Waals surface area contributed by atoms with Crippen LogP contribution in [0.3, 0.4) is 0 Å². The molecule has 1 aromatic carbocycles. The molecule has 7 nitrogen and oxygen atoms in total. The highest BCUT2D eigenvalue weighted by atomic mass is 16.5. The van der Waals surface area contributed by atoms with Crippen LogP contribution in [0.4, 0.5) is 5.69 Å². The van der Waals surface area contributed by atoms with E-state index in [2.05, 4.69) is 39.5 Å².